The van der Waals surface area contributed by atoms with Crippen LogP contribution in [0.4, 0.5) is 0 Å². The average Bonchev–Trinajstić information content (AvgIpc) is 2.43. The van der Waals surface area contributed by atoms with Crippen LogP contribution in [-0.2, 0) is 33.1 Å². The second-order valence-corrected chi connectivity index (χ2v) is 5.38. The number of hydrogen-bond donors (Lipinski definition) is 0. The first-order valence-electron chi connectivity index (χ1n) is 3.53. The van der Waals surface area contributed by atoms with E-state index < -0.39 is 27.1 Å². The zero-order valence-corrected chi connectivity index (χ0v) is 8.80. The first-order chi connectivity index (χ1) is 6.35. The lowest BCUT2D eigenvalue weighted by Gasteiger charge is -2.01. The van der Waals surface area contributed by atoms with Crippen molar-refractivity contribution in [2.24, 2.45) is 0 Å². The maximum absolute atomic E-state index is 10.8. The summed E-state index contributed by atoms with van der Waals surface area (Å²) in [5.41, 5.74) is 0. The molecule has 0 saturated carbocycles. The first-order valence-corrected chi connectivity index (χ1v) is 6.44. The Hall–Kier alpha value is -0.800. The number of hydrogen-bond acceptors (Lipinski definition) is 7. The van der Waals surface area contributed by atoms with Gasteiger partial charge in [0.1, 0.15) is 6.61 Å². The van der Waals surface area contributed by atoms with Gasteiger partial charge < -0.3 is 8.37 Å². The van der Waals surface area contributed by atoms with E-state index >= 15 is 0 Å². The molecule has 0 radical (unpaired) electrons. The van der Waals surface area contributed by atoms with Crippen LogP contribution in [0.15, 0.2) is 12.0 Å². The Morgan fingerprint density at radius 3 is 2.57 bits per heavy atom. The van der Waals surface area contributed by atoms with Crippen LogP contribution < -0.4 is 0 Å². The molecule has 0 spiro atoms. The fourth-order valence-corrected chi connectivity index (χ4v) is 1.65. The van der Waals surface area contributed by atoms with Gasteiger partial charge in [-0.15, -0.1) is 8.42 Å². The Morgan fingerprint density at radius 2 is 2.14 bits per heavy atom. The monoisotopic (exact) mass is 244 g/mol. The van der Waals surface area contributed by atoms with Crippen molar-refractivity contribution in [3.05, 3.63) is 12.0 Å². The predicted molar refractivity (Wildman–Crippen MR) is 44.6 cm³/mol. The van der Waals surface area contributed by atoms with Crippen molar-refractivity contribution in [2.45, 2.75) is 6.92 Å². The Kier molecular flexibility index (Phi) is 3.02. The summed E-state index contributed by atoms with van der Waals surface area (Å²) >= 11 is 0. The second kappa shape index (κ2) is 3.75. The Bertz CT molecular complexity index is 429. The van der Waals surface area contributed by atoms with Crippen molar-refractivity contribution in [3.8, 4) is 0 Å². The first kappa shape index (κ1) is 11.3. The van der Waals surface area contributed by atoms with Crippen molar-refractivity contribution in [1.82, 2.24) is 0 Å². The van der Waals surface area contributed by atoms with Crippen LogP contribution in [-0.4, -0.2) is 29.2 Å². The molecular formula is C5H8O7S2. The van der Waals surface area contributed by atoms with E-state index in [0.717, 1.165) is 6.26 Å². The van der Waals surface area contributed by atoms with Gasteiger partial charge in [-0.05, 0) is 6.92 Å². The molecule has 0 unspecified atom stereocenters. The van der Waals surface area contributed by atoms with E-state index in [2.05, 4.69) is 12.5 Å². The normalized spacial score (nSPS) is 19.6. The number of rotatable bonds is 4. The van der Waals surface area contributed by atoms with E-state index in [4.69, 9.17) is 0 Å². The molecule has 0 saturated heterocycles. The van der Waals surface area contributed by atoms with Gasteiger partial charge in [-0.1, -0.05) is 0 Å². The highest BCUT2D eigenvalue weighted by Crippen LogP contribution is 2.16. The molecule has 0 bridgehead atoms. The maximum Gasteiger partial charge on any atom is 0.500 e. The smallest absolute Gasteiger partial charge is 0.357 e. The summed E-state index contributed by atoms with van der Waals surface area (Å²) < 4.78 is 55.4. The molecule has 7 nitrogen and oxygen atoms in total. The van der Waals surface area contributed by atoms with E-state index in [9.17, 15) is 16.8 Å². The summed E-state index contributed by atoms with van der Waals surface area (Å²) in [5.74, 6) is -0.407. The van der Waals surface area contributed by atoms with Crippen LogP contribution in [0.1, 0.15) is 6.92 Å². The predicted octanol–water partition coefficient (Wildman–Crippen LogP) is -0.514. The molecule has 1 aliphatic rings. The molecule has 1 rings (SSSR count). The largest absolute Gasteiger partial charge is 0.500 e. The standard InChI is InChI=1S/C5H8O7S2/c1-2-13(6,7)10-3-5-4-11-14(8,9)12-5/h4H,2-3H2,1H3. The Morgan fingerprint density at radius 1 is 1.50 bits per heavy atom. The summed E-state index contributed by atoms with van der Waals surface area (Å²) in [6.45, 7) is 0.905. The Balaban J connectivity index is 2.50. The van der Waals surface area contributed by atoms with Crippen LogP contribution >= 0.6 is 0 Å². The van der Waals surface area contributed by atoms with Gasteiger partial charge in [-0.25, -0.2) is 0 Å². The molecular weight excluding hydrogens is 236 g/mol. The zero-order valence-electron chi connectivity index (χ0n) is 7.17. The highest BCUT2D eigenvalue weighted by atomic mass is 32.3. The van der Waals surface area contributed by atoms with Crippen LogP contribution in [0.5, 0.6) is 0 Å². The molecule has 14 heavy (non-hydrogen) atoms. The molecule has 0 amide bonds. The maximum atomic E-state index is 10.8. The zero-order chi connectivity index (χ0) is 10.8. The minimum Gasteiger partial charge on any atom is -0.357 e. The topological polar surface area (TPSA) is 96.0 Å². The Labute approximate surface area is 81.7 Å². The van der Waals surface area contributed by atoms with Crippen LogP contribution in [0, 0.1) is 0 Å². The van der Waals surface area contributed by atoms with Crippen molar-refractivity contribution in [3.63, 3.8) is 0 Å². The van der Waals surface area contributed by atoms with Gasteiger partial charge in [0.25, 0.3) is 10.1 Å². The van der Waals surface area contributed by atoms with Gasteiger partial charge in [-0.2, -0.15) is 8.42 Å². The van der Waals surface area contributed by atoms with Gasteiger partial charge in [0.15, 0.2) is 12.0 Å². The van der Waals surface area contributed by atoms with E-state index in [1.165, 1.54) is 6.92 Å². The lowest BCUT2D eigenvalue weighted by molar-refractivity contribution is 0.287. The average molecular weight is 244 g/mol. The highest BCUT2D eigenvalue weighted by Gasteiger charge is 2.24. The third-order valence-corrected chi connectivity index (χ3v) is 3.18. The van der Waals surface area contributed by atoms with Crippen molar-refractivity contribution < 1.29 is 29.4 Å². The fraction of sp³-hybridized carbons (Fsp3) is 0.600. The van der Waals surface area contributed by atoms with Crippen molar-refractivity contribution in [1.29, 1.82) is 0 Å². The van der Waals surface area contributed by atoms with Crippen molar-refractivity contribution >= 4 is 20.5 Å². The molecule has 0 aromatic carbocycles. The summed E-state index contributed by atoms with van der Waals surface area (Å²) in [6, 6.07) is 0. The third-order valence-electron chi connectivity index (χ3n) is 1.24. The van der Waals surface area contributed by atoms with Gasteiger partial charge in [0.2, 0.25) is 0 Å². The summed E-state index contributed by atoms with van der Waals surface area (Å²) in [6.07, 6.45) is 0.778. The molecule has 0 aromatic rings. The summed E-state index contributed by atoms with van der Waals surface area (Å²) in [5, 5.41) is 0. The third kappa shape index (κ3) is 3.16. The van der Waals surface area contributed by atoms with E-state index in [1.54, 1.807) is 0 Å². The second-order valence-electron chi connectivity index (χ2n) is 2.28. The molecule has 1 heterocycles. The quantitative estimate of drug-likeness (QED) is 0.614. The lowest BCUT2D eigenvalue weighted by Crippen LogP contribution is -2.11. The minimum atomic E-state index is -4.04. The molecule has 82 valence electrons. The molecule has 0 aliphatic carbocycles. The summed E-state index contributed by atoms with van der Waals surface area (Å²) in [7, 11) is -7.65. The minimum absolute atomic E-state index is 0.201. The SMILES string of the molecule is CCS(=O)(=O)OCC1=COS(=O)(=O)O1. The van der Waals surface area contributed by atoms with Gasteiger partial charge in [0.05, 0.1) is 5.75 Å². The van der Waals surface area contributed by atoms with E-state index in [-0.39, 0.29) is 11.5 Å². The van der Waals surface area contributed by atoms with Crippen LogP contribution in [0.2, 0.25) is 0 Å². The molecule has 0 N–H and O–H groups in total. The molecule has 0 fully saturated rings. The van der Waals surface area contributed by atoms with Crippen molar-refractivity contribution in [2.75, 3.05) is 12.4 Å². The molecule has 9 heteroatoms. The van der Waals surface area contributed by atoms with Gasteiger partial charge in [-0.3, -0.25) is 4.18 Å². The van der Waals surface area contributed by atoms with Gasteiger partial charge in [0, 0.05) is 0 Å². The fourth-order valence-electron chi connectivity index (χ4n) is 0.572. The van der Waals surface area contributed by atoms with Crippen LogP contribution in [0.25, 0.3) is 0 Å². The van der Waals surface area contributed by atoms with E-state index in [1.807, 2.05) is 0 Å². The lowest BCUT2D eigenvalue weighted by atomic mass is 10.6. The molecule has 0 aromatic heterocycles. The highest BCUT2D eigenvalue weighted by molar-refractivity contribution is 7.86. The van der Waals surface area contributed by atoms with E-state index in [0.29, 0.717) is 0 Å². The summed E-state index contributed by atoms with van der Waals surface area (Å²) in [4.78, 5) is 0. The molecule has 1 aliphatic heterocycles. The molecule has 0 atom stereocenters. The van der Waals surface area contributed by atoms with Crippen LogP contribution in [0.3, 0.4) is 0 Å². The van der Waals surface area contributed by atoms with Gasteiger partial charge >= 0.3 is 10.4 Å².